The van der Waals surface area contributed by atoms with E-state index < -0.39 is 5.91 Å². The number of amides is 1. The third-order valence-electron chi connectivity index (χ3n) is 4.85. The van der Waals surface area contributed by atoms with Gasteiger partial charge in [0.1, 0.15) is 19.0 Å². The van der Waals surface area contributed by atoms with Crippen LogP contribution in [0.2, 0.25) is 0 Å². The molecule has 0 aromatic heterocycles. The molecule has 1 amide bonds. The smallest absolute Gasteiger partial charge is 0.271 e. The van der Waals surface area contributed by atoms with Crippen LogP contribution >= 0.6 is 15.9 Å². The van der Waals surface area contributed by atoms with E-state index in [0.29, 0.717) is 64.0 Å². The predicted molar refractivity (Wildman–Crippen MR) is 144 cm³/mol. The molecule has 0 heterocycles. The Morgan fingerprint density at radius 1 is 1.00 bits per heavy atom. The summed E-state index contributed by atoms with van der Waals surface area (Å²) in [5.41, 5.74) is 4.23. The zero-order valence-electron chi connectivity index (χ0n) is 20.6. The summed E-state index contributed by atoms with van der Waals surface area (Å²) in [7, 11) is 0. The van der Waals surface area contributed by atoms with Crippen LogP contribution in [0.3, 0.4) is 0 Å². The zero-order valence-corrected chi connectivity index (χ0v) is 22.2. The fourth-order valence-corrected chi connectivity index (χ4v) is 3.84. The molecule has 0 spiro atoms. The quantitative estimate of drug-likeness (QED) is 0.148. The van der Waals surface area contributed by atoms with Gasteiger partial charge in [0, 0.05) is 5.56 Å². The van der Waals surface area contributed by atoms with Crippen LogP contribution in [0.1, 0.15) is 35.3 Å². The van der Waals surface area contributed by atoms with E-state index in [9.17, 15) is 9.18 Å². The van der Waals surface area contributed by atoms with E-state index in [1.807, 2.05) is 13.8 Å². The SMILES string of the molecule is C=CCOc1ccc(C(=O)N/N=C/c2cc(Br)c(OCc3cccc(F)c3)c(OCC)c2)cc1OCC. The van der Waals surface area contributed by atoms with Crippen molar-refractivity contribution in [2.75, 3.05) is 19.8 Å². The molecule has 0 atom stereocenters. The number of hydrogen-bond donors (Lipinski definition) is 1. The van der Waals surface area contributed by atoms with E-state index in [4.69, 9.17) is 18.9 Å². The van der Waals surface area contributed by atoms with E-state index in [-0.39, 0.29) is 12.4 Å². The van der Waals surface area contributed by atoms with E-state index in [1.165, 1.54) is 18.3 Å². The molecule has 0 aliphatic heterocycles. The maximum atomic E-state index is 13.5. The average molecular weight is 571 g/mol. The van der Waals surface area contributed by atoms with Gasteiger partial charge in [0.25, 0.3) is 5.91 Å². The molecular formula is C28H28BrFN2O5. The van der Waals surface area contributed by atoms with Gasteiger partial charge in [-0.3, -0.25) is 4.79 Å². The molecule has 0 radical (unpaired) electrons. The van der Waals surface area contributed by atoms with Gasteiger partial charge in [0.15, 0.2) is 23.0 Å². The Morgan fingerprint density at radius 2 is 1.78 bits per heavy atom. The number of benzene rings is 3. The first-order chi connectivity index (χ1) is 17.9. The third-order valence-corrected chi connectivity index (χ3v) is 5.44. The van der Waals surface area contributed by atoms with Gasteiger partial charge in [0.2, 0.25) is 0 Å². The zero-order chi connectivity index (χ0) is 26.6. The lowest BCUT2D eigenvalue weighted by Crippen LogP contribution is -2.17. The van der Waals surface area contributed by atoms with Gasteiger partial charge in [-0.15, -0.1) is 0 Å². The number of carbonyl (C=O) groups is 1. The van der Waals surface area contributed by atoms with E-state index >= 15 is 0 Å². The average Bonchev–Trinajstić information content (AvgIpc) is 2.88. The normalized spacial score (nSPS) is 10.7. The maximum absolute atomic E-state index is 13.5. The molecule has 0 unspecified atom stereocenters. The molecule has 3 aromatic rings. The van der Waals surface area contributed by atoms with E-state index in [0.717, 1.165) is 0 Å². The van der Waals surface area contributed by atoms with Gasteiger partial charge < -0.3 is 18.9 Å². The molecule has 1 N–H and O–H groups in total. The molecule has 3 rings (SSSR count). The van der Waals surface area contributed by atoms with Crippen molar-refractivity contribution in [1.82, 2.24) is 5.43 Å². The van der Waals surface area contributed by atoms with Crippen LogP contribution in [0.4, 0.5) is 4.39 Å². The molecule has 0 fully saturated rings. The second kappa shape index (κ2) is 14.0. The Kier molecular flexibility index (Phi) is 10.5. The summed E-state index contributed by atoms with van der Waals surface area (Å²) in [4.78, 5) is 12.6. The molecule has 3 aromatic carbocycles. The number of hydrogen-bond acceptors (Lipinski definition) is 6. The minimum Gasteiger partial charge on any atom is -0.490 e. The number of hydrazone groups is 1. The Hall–Kier alpha value is -3.85. The highest BCUT2D eigenvalue weighted by molar-refractivity contribution is 9.10. The van der Waals surface area contributed by atoms with Crippen molar-refractivity contribution in [3.8, 4) is 23.0 Å². The highest BCUT2D eigenvalue weighted by Crippen LogP contribution is 2.37. The number of halogens is 2. The van der Waals surface area contributed by atoms with Crippen molar-refractivity contribution < 1.29 is 28.1 Å². The number of nitrogens with zero attached hydrogens (tertiary/aromatic N) is 1. The van der Waals surface area contributed by atoms with E-state index in [1.54, 1.807) is 48.5 Å². The largest absolute Gasteiger partial charge is 0.490 e. The predicted octanol–water partition coefficient (Wildman–Crippen LogP) is 6.29. The molecule has 0 saturated carbocycles. The standard InChI is InChI=1S/C28H28BrFN2O5/c1-4-12-36-24-11-10-21(16-25(24)34-5-2)28(33)32-31-17-20-14-23(29)27(26(15-20)35-6-3)37-18-19-8-7-9-22(30)13-19/h4,7-11,13-17H,1,5-6,12,18H2,2-3H3,(H,32,33)/b31-17+. The molecule has 37 heavy (non-hydrogen) atoms. The number of nitrogens with one attached hydrogen (secondary N) is 1. The minimum atomic E-state index is -0.411. The lowest BCUT2D eigenvalue weighted by Gasteiger charge is -2.15. The van der Waals surface area contributed by atoms with Crippen molar-refractivity contribution in [3.63, 3.8) is 0 Å². The van der Waals surface area contributed by atoms with Crippen LogP contribution in [0, 0.1) is 5.82 Å². The summed E-state index contributed by atoms with van der Waals surface area (Å²) in [6.45, 7) is 8.66. The summed E-state index contributed by atoms with van der Waals surface area (Å²) in [6, 6.07) is 14.6. The van der Waals surface area contributed by atoms with Crippen LogP contribution in [0.15, 0.2) is 76.8 Å². The van der Waals surface area contributed by atoms with Gasteiger partial charge in [-0.2, -0.15) is 5.10 Å². The van der Waals surface area contributed by atoms with E-state index in [2.05, 4.69) is 33.0 Å². The molecule has 9 heteroatoms. The maximum Gasteiger partial charge on any atom is 0.271 e. The van der Waals surface area contributed by atoms with Gasteiger partial charge in [-0.05, 0) is 83.4 Å². The lowest BCUT2D eigenvalue weighted by molar-refractivity contribution is 0.0954. The molecule has 0 bridgehead atoms. The van der Waals surface area contributed by atoms with Crippen molar-refractivity contribution >= 4 is 28.1 Å². The summed E-state index contributed by atoms with van der Waals surface area (Å²) in [5.74, 6) is 1.21. The highest BCUT2D eigenvalue weighted by Gasteiger charge is 2.14. The molecule has 194 valence electrons. The topological polar surface area (TPSA) is 78.4 Å². The second-order valence-electron chi connectivity index (χ2n) is 7.57. The first kappa shape index (κ1) is 27.7. The summed E-state index contributed by atoms with van der Waals surface area (Å²) in [6.07, 6.45) is 3.12. The van der Waals surface area contributed by atoms with Gasteiger partial charge >= 0.3 is 0 Å². The van der Waals surface area contributed by atoms with Crippen molar-refractivity contribution in [2.45, 2.75) is 20.5 Å². The van der Waals surface area contributed by atoms with Crippen LogP contribution < -0.4 is 24.4 Å². The molecular weight excluding hydrogens is 543 g/mol. The Morgan fingerprint density at radius 3 is 2.51 bits per heavy atom. The minimum absolute atomic E-state index is 0.168. The Labute approximate surface area is 224 Å². The fourth-order valence-electron chi connectivity index (χ4n) is 3.26. The number of ether oxygens (including phenoxy) is 4. The summed E-state index contributed by atoms with van der Waals surface area (Å²) in [5, 5.41) is 4.07. The third kappa shape index (κ3) is 8.08. The Bertz CT molecular complexity index is 1270. The highest BCUT2D eigenvalue weighted by atomic mass is 79.9. The molecule has 7 nitrogen and oxygen atoms in total. The van der Waals surface area contributed by atoms with Gasteiger partial charge in [-0.1, -0.05) is 24.8 Å². The first-order valence-electron chi connectivity index (χ1n) is 11.6. The summed E-state index contributed by atoms with van der Waals surface area (Å²) >= 11 is 3.50. The first-order valence-corrected chi connectivity index (χ1v) is 12.4. The van der Waals surface area contributed by atoms with Gasteiger partial charge in [0.05, 0.1) is 23.9 Å². The molecule has 0 aliphatic carbocycles. The van der Waals surface area contributed by atoms with Crippen LogP contribution in [0.5, 0.6) is 23.0 Å². The number of rotatable bonds is 13. The van der Waals surface area contributed by atoms with Crippen molar-refractivity contribution in [2.24, 2.45) is 5.10 Å². The lowest BCUT2D eigenvalue weighted by atomic mass is 10.2. The Balaban J connectivity index is 1.71. The molecule has 0 aliphatic rings. The fraction of sp³-hybridized carbons (Fsp3) is 0.214. The summed E-state index contributed by atoms with van der Waals surface area (Å²) < 4.78 is 36.9. The monoisotopic (exact) mass is 570 g/mol. The van der Waals surface area contributed by atoms with Crippen LogP contribution in [-0.4, -0.2) is 31.9 Å². The second-order valence-corrected chi connectivity index (χ2v) is 8.43. The van der Waals surface area contributed by atoms with Gasteiger partial charge in [-0.25, -0.2) is 9.82 Å². The number of carbonyl (C=O) groups excluding carboxylic acids is 1. The van der Waals surface area contributed by atoms with Crippen molar-refractivity contribution in [3.05, 3.63) is 94.2 Å². The van der Waals surface area contributed by atoms with Crippen LogP contribution in [0.25, 0.3) is 0 Å². The molecule has 0 saturated heterocycles. The van der Waals surface area contributed by atoms with Crippen molar-refractivity contribution in [1.29, 1.82) is 0 Å². The van der Waals surface area contributed by atoms with Crippen LogP contribution in [-0.2, 0) is 6.61 Å².